The fourth-order valence-corrected chi connectivity index (χ4v) is 297. The fraction of sp³-hybridized carbons (Fsp3) is 0.0816. The van der Waals surface area contributed by atoms with E-state index in [9.17, 15) is 0 Å². The van der Waals surface area contributed by atoms with E-state index in [4.69, 9.17) is 20.1 Å². The summed E-state index contributed by atoms with van der Waals surface area (Å²) in [6.45, 7) is 3.45. The molecule has 15 unspecified atom stereocenters. The number of hydrogen-bond donors (Lipinski definition) is 2. The average Bonchev–Trinajstić information content (AvgIpc) is 2.67. The molecule has 0 amide bonds. The van der Waals surface area contributed by atoms with Crippen molar-refractivity contribution >= 4 is 199 Å². The van der Waals surface area contributed by atoms with Crippen LogP contribution < -0.4 is 25.5 Å². The Morgan fingerprint density at radius 3 is 1.46 bits per heavy atom. The third-order valence-electron chi connectivity index (χ3n) is 11.1. The van der Waals surface area contributed by atoms with Crippen molar-refractivity contribution in [3.63, 3.8) is 0 Å². The number of pyridine rings is 3. The normalized spacial score (nSPS) is 12.0. The van der Waals surface area contributed by atoms with Crippen LogP contribution in [0.3, 0.4) is 0 Å². The first kappa shape index (κ1) is 76.2. The number of hydrazine groups is 1. The van der Waals surface area contributed by atoms with E-state index in [2.05, 4.69) is 178 Å². The highest BCUT2D eigenvalue weighted by Crippen LogP contribution is 3.34. The van der Waals surface area contributed by atoms with Crippen LogP contribution in [-0.4, -0.2) is 41.6 Å². The predicted octanol–water partition coefficient (Wildman–Crippen LogP) is 23.4. The van der Waals surface area contributed by atoms with Gasteiger partial charge in [0.2, 0.25) is 0 Å². The Morgan fingerprint density at radius 2 is 0.988 bits per heavy atom. The maximum Gasteiger partial charge on any atom is 0.153 e. The van der Waals surface area contributed by atoms with Gasteiger partial charge in [-0.15, -0.1) is 116 Å². The molecule has 450 valence electrons. The van der Waals surface area contributed by atoms with Crippen molar-refractivity contribution in [2.45, 2.75) is 20.1 Å². The quantitative estimate of drug-likeness (QED) is 0.0383. The predicted molar refractivity (Wildman–Crippen MR) is 441 cm³/mol. The molecule has 0 aliphatic carbocycles. The molecule has 4 aromatic carbocycles. The number of nitrogens with two attached hydrogens (primary N) is 1. The van der Waals surface area contributed by atoms with E-state index < -0.39 is 0 Å². The topological polar surface area (TPSA) is 140 Å². The van der Waals surface area contributed by atoms with Crippen LogP contribution in [0.25, 0.3) is 34.2 Å². The zero-order valence-electron chi connectivity index (χ0n) is 46.2. The van der Waals surface area contributed by atoms with Crippen molar-refractivity contribution in [3.8, 4) is 51.4 Å². The summed E-state index contributed by atoms with van der Waals surface area (Å²) in [5.41, 5.74) is 9.45. The molecular formula is C49H71N9O3P24. The Labute approximate surface area is 544 Å². The zero-order chi connectivity index (χ0) is 61.4. The van der Waals surface area contributed by atoms with Gasteiger partial charge in [0.05, 0.1) is 24.7 Å². The lowest BCUT2D eigenvalue weighted by atomic mass is 10.1. The molecule has 0 bridgehead atoms. The van der Waals surface area contributed by atoms with Crippen LogP contribution in [-0.2, 0) is 13.2 Å². The molecule has 5 heterocycles. The molecule has 36 heteroatoms. The van der Waals surface area contributed by atoms with Crippen molar-refractivity contribution in [2.24, 2.45) is 5.84 Å². The zero-order valence-corrected chi connectivity index (χ0v) is 71.1. The maximum atomic E-state index is 6.12. The molecule has 9 rings (SSSR count). The van der Waals surface area contributed by atoms with E-state index in [0.717, 1.165) is 62.5 Å². The summed E-state index contributed by atoms with van der Waals surface area (Å²) >= 11 is 0. The van der Waals surface area contributed by atoms with Gasteiger partial charge in [-0.2, -0.15) is 10.2 Å². The molecule has 0 fully saturated rings. The largest absolute Gasteiger partial charge is 0.497 e. The Hall–Kier alpha value is 2.23. The molecule has 0 aliphatic heterocycles. The lowest BCUT2D eigenvalue weighted by Crippen LogP contribution is -2.07. The molecule has 5 aromatic heterocycles. The molecule has 0 spiro atoms. The minimum atomic E-state index is -0.0148. The molecule has 85 heavy (non-hydrogen) atoms. The van der Waals surface area contributed by atoms with Crippen LogP contribution in [0.4, 0.5) is 5.82 Å². The number of benzene rings is 4. The number of nitrogens with zero attached hydrogens (tertiary/aromatic N) is 7. The molecule has 3 N–H and O–H groups in total. The summed E-state index contributed by atoms with van der Waals surface area (Å²) in [5.74, 6) is 9.60. The highest BCUT2D eigenvalue weighted by Gasteiger charge is 2.46. The van der Waals surface area contributed by atoms with Gasteiger partial charge in [-0.1, -0.05) is 90.5 Å². The standard InChI is InChI=1S/C22H19N3O2.C22H19N3O.C5H7N3.H26P24/c1-26-18-10-11-21(27-16-17-7-3-2-4-8-17)19(15-18)20-12-14-24-25(20)22-9-5-6-13-23-22;1-17-10-11-21(26-16-18-7-3-2-4-8-18)19(15-17)20-12-14-25(24-20)22-9-5-6-13-23-22;6-8-5-3-1-2-4-7-5;1-14(2)20(13)23(19(11)12)24(21(15(3)4)16(5)6)22(17(7)8)18(9)10/h2-15H,16H2,1H3;2-15H,16H2,1H3;1-4H,6H2,(H,7,8);1-13H2. The molecule has 15 atom stereocenters. The summed E-state index contributed by atoms with van der Waals surface area (Å²) in [5, 5.41) is 9.12. The molecule has 0 saturated carbocycles. The van der Waals surface area contributed by atoms with E-state index in [1.54, 1.807) is 47.3 Å². The third kappa shape index (κ3) is 24.7. The average molecular weight is 1580 g/mol. The molecular weight excluding hydrogens is 1510 g/mol. The van der Waals surface area contributed by atoms with Crippen molar-refractivity contribution in [3.05, 3.63) is 211 Å². The number of nitrogens with one attached hydrogen (secondary N) is 1. The lowest BCUT2D eigenvalue weighted by molar-refractivity contribution is 0.306. The number of methoxy groups -OCH3 is 1. The van der Waals surface area contributed by atoms with E-state index in [1.165, 1.54) is 5.56 Å². The highest BCUT2D eigenvalue weighted by atomic mass is 33.4. The van der Waals surface area contributed by atoms with Crippen molar-refractivity contribution in [1.29, 1.82) is 0 Å². The van der Waals surface area contributed by atoms with Crippen molar-refractivity contribution in [1.82, 2.24) is 34.5 Å². The van der Waals surface area contributed by atoms with Crippen molar-refractivity contribution in [2.75, 3.05) is 12.5 Å². The Morgan fingerprint density at radius 1 is 0.482 bits per heavy atom. The Balaban J connectivity index is 0.000000192. The summed E-state index contributed by atoms with van der Waals surface area (Å²) in [6, 6.07) is 53.1. The Bertz CT molecular complexity index is 3300. The molecule has 0 aliphatic rings. The minimum Gasteiger partial charge on any atom is -0.497 e. The van der Waals surface area contributed by atoms with E-state index in [1.807, 2.05) is 140 Å². The molecule has 9 aromatic rings. The smallest absolute Gasteiger partial charge is 0.153 e. The van der Waals surface area contributed by atoms with Gasteiger partial charge < -0.3 is 19.6 Å². The van der Waals surface area contributed by atoms with Gasteiger partial charge in [-0.3, -0.25) is 0 Å². The first-order valence-corrected chi connectivity index (χ1v) is 67.7. The van der Waals surface area contributed by atoms with Crippen LogP contribution in [0.2, 0.25) is 0 Å². The lowest BCUT2D eigenvalue weighted by Gasteiger charge is -2.48. The minimum absolute atomic E-state index is 0.00181. The number of nitrogen functional groups attached to an aromatic ring is 1. The second-order valence-electron chi connectivity index (χ2n) is 17.1. The van der Waals surface area contributed by atoms with Crippen molar-refractivity contribution < 1.29 is 14.2 Å². The van der Waals surface area contributed by atoms with Gasteiger partial charge in [0.25, 0.3) is 0 Å². The first-order valence-electron chi connectivity index (χ1n) is 24.9. The number of anilines is 1. The van der Waals surface area contributed by atoms with Crippen LogP contribution in [0.1, 0.15) is 16.7 Å². The summed E-state index contributed by atoms with van der Waals surface area (Å²) in [4.78, 5) is 12.6. The van der Waals surface area contributed by atoms with Crippen LogP contribution in [0, 0.1) is 6.92 Å². The summed E-state index contributed by atoms with van der Waals surface area (Å²) in [7, 11) is 43.4. The van der Waals surface area contributed by atoms with Gasteiger partial charge >= 0.3 is 0 Å². The van der Waals surface area contributed by atoms with Gasteiger partial charge in [0.1, 0.15) is 36.3 Å². The number of ether oxygens (including phenoxy) is 3. The summed E-state index contributed by atoms with van der Waals surface area (Å²) in [6.07, 6.45) is 8.86. The maximum absolute atomic E-state index is 6.12. The van der Waals surface area contributed by atoms with Gasteiger partial charge in [0, 0.05) is 35.9 Å². The SMILES string of the molecule is COc1ccc(OCc2ccccc2)c(-c2ccnn2-c2ccccn2)c1.Cc1ccc(OCc2ccccc2)c(-c2ccn(-c3ccccn3)n2)c1.NNc1ccccn1.PP(P)P(P)P(P(P)P)P(P(P(P)P)P(P)P)P(P(P)P)P(P)P. The fourth-order valence-electron chi connectivity index (χ4n) is 7.30. The highest BCUT2D eigenvalue weighted by molar-refractivity contribution is 9.40. The third-order valence-corrected chi connectivity index (χ3v) is 166. The number of aryl methyl sites for hydroxylation is 1. The monoisotopic (exact) mass is 1580 g/mol. The molecule has 0 radical (unpaired) electrons. The second kappa shape index (κ2) is 41.2. The van der Waals surface area contributed by atoms with E-state index in [-0.39, 0.29) is 76.9 Å². The number of rotatable bonds is 22. The van der Waals surface area contributed by atoms with Crippen LogP contribution >= 0.6 is 193 Å². The second-order valence-corrected chi connectivity index (χ2v) is 113. The van der Waals surface area contributed by atoms with E-state index in [0.29, 0.717) is 19.0 Å². The first-order chi connectivity index (χ1) is 40.9. The Kier molecular flexibility index (Phi) is 37.0. The van der Waals surface area contributed by atoms with Gasteiger partial charge in [0.15, 0.2) is 11.6 Å². The number of aromatic nitrogens is 7. The number of hydrogen-bond acceptors (Lipinski definition) is 10. The van der Waals surface area contributed by atoms with Crippen LogP contribution in [0.5, 0.6) is 17.2 Å². The van der Waals surface area contributed by atoms with Gasteiger partial charge in [-0.05, 0) is 174 Å². The van der Waals surface area contributed by atoms with Gasteiger partial charge in [-0.25, -0.2) is 30.2 Å². The van der Waals surface area contributed by atoms with Crippen LogP contribution in [0.15, 0.2) is 195 Å². The molecule has 12 nitrogen and oxygen atoms in total. The molecule has 0 saturated heterocycles. The summed E-state index contributed by atoms with van der Waals surface area (Å²) < 4.78 is 21.2. The van der Waals surface area contributed by atoms with E-state index >= 15 is 0 Å².